The zero-order valence-corrected chi connectivity index (χ0v) is 18.7. The second-order valence-electron chi connectivity index (χ2n) is 6.68. The van der Waals surface area contributed by atoms with Crippen LogP contribution in [0.3, 0.4) is 0 Å². The summed E-state index contributed by atoms with van der Waals surface area (Å²) >= 11 is 0. The van der Waals surface area contributed by atoms with Crippen LogP contribution >= 0.6 is 0 Å². The molecule has 0 spiro atoms. The number of carbonyl (C=O) groups excluding carboxylic acids is 4. The normalized spacial score (nSPS) is 10.6. The summed E-state index contributed by atoms with van der Waals surface area (Å²) in [7, 11) is 0. The summed E-state index contributed by atoms with van der Waals surface area (Å²) in [5.74, 6) is -0.260. The molecule has 0 radical (unpaired) electrons. The van der Waals surface area contributed by atoms with Crippen molar-refractivity contribution in [2.45, 2.75) is 26.7 Å². The highest BCUT2D eigenvalue weighted by molar-refractivity contribution is 5.77. The van der Waals surface area contributed by atoms with Crippen molar-refractivity contribution in [3.63, 3.8) is 0 Å². The molecule has 0 aliphatic rings. The molecule has 0 aliphatic heterocycles. The Bertz CT molecular complexity index is 473. The van der Waals surface area contributed by atoms with E-state index in [-0.39, 0.29) is 36.6 Å². The third-order valence-electron chi connectivity index (χ3n) is 3.55. The van der Waals surface area contributed by atoms with E-state index in [1.807, 2.05) is 0 Å². The van der Waals surface area contributed by atoms with Crippen LogP contribution in [-0.2, 0) is 38.1 Å². The van der Waals surface area contributed by atoms with Gasteiger partial charge < -0.3 is 34.9 Å². The smallest absolute Gasteiger partial charge is 0.221 e. The molecule has 0 aliphatic carbocycles. The predicted molar refractivity (Wildman–Crippen MR) is 113 cm³/mol. The Labute approximate surface area is 183 Å². The van der Waals surface area contributed by atoms with E-state index < -0.39 is 0 Å². The molecule has 11 heteroatoms. The lowest BCUT2D eigenvalue weighted by Gasteiger charge is -2.08. The molecule has 3 N–H and O–H groups in total. The van der Waals surface area contributed by atoms with E-state index in [0.29, 0.717) is 78.7 Å². The van der Waals surface area contributed by atoms with Crippen LogP contribution in [0.15, 0.2) is 0 Å². The molecule has 0 atom stereocenters. The second-order valence-corrected chi connectivity index (χ2v) is 6.68. The highest BCUT2D eigenvalue weighted by Crippen LogP contribution is 1.84. The number of hydrogen-bond acceptors (Lipinski definition) is 9. The summed E-state index contributed by atoms with van der Waals surface area (Å²) < 4.78 is 20.6. The fourth-order valence-electron chi connectivity index (χ4n) is 2.10. The zero-order valence-electron chi connectivity index (χ0n) is 18.7. The number of hydrogen-bond donors (Lipinski definition) is 3. The van der Waals surface area contributed by atoms with Gasteiger partial charge in [0, 0.05) is 39.0 Å². The number of Topliss-reactive ketones (excluding diaryl/α,β-unsaturated/α-hetero) is 2. The number of ether oxygens (including phenoxy) is 4. The van der Waals surface area contributed by atoms with Gasteiger partial charge in [0.2, 0.25) is 11.8 Å². The van der Waals surface area contributed by atoms with Crippen molar-refractivity contribution in [2.75, 3.05) is 79.0 Å². The molecule has 0 saturated carbocycles. The van der Waals surface area contributed by atoms with Crippen molar-refractivity contribution in [3.05, 3.63) is 0 Å². The van der Waals surface area contributed by atoms with Gasteiger partial charge in [-0.3, -0.25) is 19.2 Å². The summed E-state index contributed by atoms with van der Waals surface area (Å²) in [4.78, 5) is 44.7. The van der Waals surface area contributed by atoms with Gasteiger partial charge in [0.25, 0.3) is 0 Å². The number of rotatable bonds is 22. The third kappa shape index (κ3) is 24.2. The molecule has 11 nitrogen and oxygen atoms in total. The molecule has 0 bridgehead atoms. The number of ketones is 2. The van der Waals surface area contributed by atoms with Crippen LogP contribution in [0, 0.1) is 0 Å². The lowest BCUT2D eigenvalue weighted by Crippen LogP contribution is -2.33. The largest absolute Gasteiger partial charge is 0.377 e. The molecule has 180 valence electrons. The zero-order chi connectivity index (χ0) is 23.2. The average Bonchev–Trinajstić information content (AvgIpc) is 2.71. The molecule has 0 aromatic heterocycles. The SMILES string of the molecule is CC(=O)COCCOCCNC(=O)CCNCCC(=O)NCCOCCOCC(C)=O. The summed E-state index contributed by atoms with van der Waals surface area (Å²) in [5, 5.41) is 8.51. The monoisotopic (exact) mass is 447 g/mol. The van der Waals surface area contributed by atoms with Gasteiger partial charge in [-0.05, 0) is 13.8 Å². The van der Waals surface area contributed by atoms with E-state index in [1.54, 1.807) is 0 Å². The van der Waals surface area contributed by atoms with Gasteiger partial charge >= 0.3 is 0 Å². The van der Waals surface area contributed by atoms with Gasteiger partial charge in [-0.25, -0.2) is 0 Å². The van der Waals surface area contributed by atoms with E-state index in [9.17, 15) is 19.2 Å². The molecule has 0 unspecified atom stereocenters. The standard InChI is InChI=1S/C20H37N3O8/c1-17(24)15-30-13-11-28-9-7-22-19(26)3-5-21-6-4-20(27)23-8-10-29-12-14-31-16-18(2)25/h21H,3-16H2,1-2H3,(H,22,26)(H,23,27). The maximum Gasteiger partial charge on any atom is 0.221 e. The van der Waals surface area contributed by atoms with Gasteiger partial charge in [-0.1, -0.05) is 0 Å². The maximum absolute atomic E-state index is 11.7. The average molecular weight is 448 g/mol. The van der Waals surface area contributed by atoms with Gasteiger partial charge in [0.1, 0.15) is 13.2 Å². The van der Waals surface area contributed by atoms with E-state index in [0.717, 1.165) is 0 Å². The Hall–Kier alpha value is -1.92. The summed E-state index contributed by atoms with van der Waals surface area (Å²) in [5.41, 5.74) is 0. The molecule has 31 heavy (non-hydrogen) atoms. The first kappa shape index (κ1) is 29.1. The first-order valence-corrected chi connectivity index (χ1v) is 10.5. The Kier molecular flexibility index (Phi) is 20.0. The van der Waals surface area contributed by atoms with Crippen LogP contribution in [0.25, 0.3) is 0 Å². The van der Waals surface area contributed by atoms with Crippen molar-refractivity contribution in [3.8, 4) is 0 Å². The molecule has 0 aromatic rings. The van der Waals surface area contributed by atoms with Gasteiger partial charge in [0.15, 0.2) is 11.6 Å². The van der Waals surface area contributed by atoms with E-state index in [1.165, 1.54) is 13.8 Å². The van der Waals surface area contributed by atoms with Crippen molar-refractivity contribution in [1.29, 1.82) is 0 Å². The molecule has 0 heterocycles. The lowest BCUT2D eigenvalue weighted by molar-refractivity contribution is -0.123. The number of carbonyl (C=O) groups is 4. The molecule has 0 aromatic carbocycles. The molecule has 0 rings (SSSR count). The Morgan fingerprint density at radius 3 is 1.32 bits per heavy atom. The van der Waals surface area contributed by atoms with Crippen molar-refractivity contribution in [1.82, 2.24) is 16.0 Å². The van der Waals surface area contributed by atoms with E-state index >= 15 is 0 Å². The van der Waals surface area contributed by atoms with Crippen molar-refractivity contribution < 1.29 is 38.1 Å². The minimum absolute atomic E-state index is 0.0308. The Morgan fingerprint density at radius 1 is 0.548 bits per heavy atom. The first-order chi connectivity index (χ1) is 14.9. The number of amides is 2. The molecule has 2 amide bonds. The van der Waals surface area contributed by atoms with E-state index in [4.69, 9.17) is 18.9 Å². The Balaban J connectivity index is 3.33. The van der Waals surface area contributed by atoms with Gasteiger partial charge in [-0.2, -0.15) is 0 Å². The highest BCUT2D eigenvalue weighted by atomic mass is 16.5. The first-order valence-electron chi connectivity index (χ1n) is 10.5. The van der Waals surface area contributed by atoms with Crippen molar-refractivity contribution >= 4 is 23.4 Å². The summed E-state index contributed by atoms with van der Waals surface area (Å²) in [6.45, 7) is 7.01. The fraction of sp³-hybridized carbons (Fsp3) is 0.800. The molecule has 0 fully saturated rings. The minimum Gasteiger partial charge on any atom is -0.377 e. The fourth-order valence-corrected chi connectivity index (χ4v) is 2.10. The number of nitrogens with one attached hydrogen (secondary N) is 3. The van der Waals surface area contributed by atoms with Gasteiger partial charge in [0.05, 0.1) is 39.6 Å². The minimum atomic E-state index is -0.0992. The van der Waals surface area contributed by atoms with Crippen molar-refractivity contribution in [2.24, 2.45) is 0 Å². The summed E-state index contributed by atoms with van der Waals surface area (Å²) in [6, 6.07) is 0. The van der Waals surface area contributed by atoms with Crippen LogP contribution in [-0.4, -0.2) is 102 Å². The maximum atomic E-state index is 11.7. The van der Waals surface area contributed by atoms with Crippen LogP contribution in [0.1, 0.15) is 26.7 Å². The third-order valence-corrected chi connectivity index (χ3v) is 3.55. The quantitative estimate of drug-likeness (QED) is 0.175. The van der Waals surface area contributed by atoms with Gasteiger partial charge in [-0.15, -0.1) is 0 Å². The lowest BCUT2D eigenvalue weighted by atomic mass is 10.3. The molecular formula is C20H37N3O8. The summed E-state index contributed by atoms with van der Waals surface area (Å²) in [6.07, 6.45) is 0.617. The molecular weight excluding hydrogens is 410 g/mol. The molecule has 0 saturated heterocycles. The van der Waals surface area contributed by atoms with Crippen LogP contribution < -0.4 is 16.0 Å². The van der Waals surface area contributed by atoms with Crippen LogP contribution in [0.4, 0.5) is 0 Å². The van der Waals surface area contributed by atoms with E-state index in [2.05, 4.69) is 16.0 Å². The second kappa shape index (κ2) is 21.3. The predicted octanol–water partition coefficient (Wildman–Crippen LogP) is -1.17. The van der Waals surface area contributed by atoms with Crippen LogP contribution in [0.5, 0.6) is 0 Å². The topological polar surface area (TPSA) is 141 Å². The van der Waals surface area contributed by atoms with Crippen LogP contribution in [0.2, 0.25) is 0 Å². The Morgan fingerprint density at radius 2 is 0.935 bits per heavy atom. The highest BCUT2D eigenvalue weighted by Gasteiger charge is 2.03.